The second kappa shape index (κ2) is 7.14. The van der Waals surface area contributed by atoms with E-state index in [1.807, 2.05) is 32.0 Å². The molecular weight excluding hydrogens is 318 g/mol. The van der Waals surface area contributed by atoms with E-state index in [4.69, 9.17) is 5.73 Å². The first-order valence-electron chi connectivity index (χ1n) is 9.00. The van der Waals surface area contributed by atoms with Gasteiger partial charge in [0, 0.05) is 18.7 Å². The third kappa shape index (κ3) is 3.41. The van der Waals surface area contributed by atoms with Gasteiger partial charge in [-0.3, -0.25) is 9.59 Å². The number of fused-ring (bicyclic) bond motifs is 1. The van der Waals surface area contributed by atoms with Crippen LogP contribution in [0.5, 0.6) is 0 Å². The minimum atomic E-state index is -0.727. The van der Waals surface area contributed by atoms with Gasteiger partial charge >= 0.3 is 0 Å². The molecule has 0 bridgehead atoms. The zero-order chi connectivity index (χ0) is 18.1. The SMILES string of the molecule is CC(C)C[C@H](N)C(=O)N1CC[C@@H]2[C@H]1[C@@H](O)CN2C(=O)c1ccccc1. The van der Waals surface area contributed by atoms with Crippen LogP contribution in [0.1, 0.15) is 37.0 Å². The number of aliphatic hydroxyl groups excluding tert-OH is 1. The zero-order valence-electron chi connectivity index (χ0n) is 14.8. The molecule has 25 heavy (non-hydrogen) atoms. The molecule has 0 saturated carbocycles. The maximum Gasteiger partial charge on any atom is 0.254 e. The predicted molar refractivity (Wildman–Crippen MR) is 94.8 cm³/mol. The van der Waals surface area contributed by atoms with Crippen molar-refractivity contribution in [3.63, 3.8) is 0 Å². The second-order valence-corrected chi connectivity index (χ2v) is 7.51. The van der Waals surface area contributed by atoms with Crippen molar-refractivity contribution in [1.29, 1.82) is 0 Å². The molecule has 2 saturated heterocycles. The molecule has 6 nitrogen and oxygen atoms in total. The minimum Gasteiger partial charge on any atom is -0.389 e. The molecule has 2 fully saturated rings. The Kier molecular flexibility index (Phi) is 5.11. The van der Waals surface area contributed by atoms with E-state index in [9.17, 15) is 14.7 Å². The van der Waals surface area contributed by atoms with Gasteiger partial charge in [-0.2, -0.15) is 0 Å². The Balaban J connectivity index is 1.74. The lowest BCUT2D eigenvalue weighted by Gasteiger charge is -2.29. The van der Waals surface area contributed by atoms with Gasteiger partial charge in [-0.05, 0) is 30.9 Å². The Labute approximate surface area is 148 Å². The third-order valence-corrected chi connectivity index (χ3v) is 5.21. The number of benzene rings is 1. The van der Waals surface area contributed by atoms with Gasteiger partial charge in [-0.1, -0.05) is 32.0 Å². The van der Waals surface area contributed by atoms with Crippen LogP contribution in [-0.2, 0) is 4.79 Å². The number of hydrogen-bond donors (Lipinski definition) is 2. The van der Waals surface area contributed by atoms with Gasteiger partial charge in [0.1, 0.15) is 0 Å². The summed E-state index contributed by atoms with van der Waals surface area (Å²) >= 11 is 0. The lowest BCUT2D eigenvalue weighted by atomic mass is 10.0. The van der Waals surface area contributed by atoms with Crippen LogP contribution >= 0.6 is 0 Å². The fourth-order valence-corrected chi connectivity index (χ4v) is 4.11. The van der Waals surface area contributed by atoms with E-state index in [0.29, 0.717) is 30.9 Å². The standard InChI is InChI=1S/C19H27N3O3/c1-12(2)10-14(20)19(25)21-9-8-15-17(21)16(23)11-22(15)18(24)13-6-4-3-5-7-13/h3-7,12,14-17,23H,8-11,20H2,1-2H3/t14-,15+,16-,17-/m0/s1. The molecule has 0 spiro atoms. The van der Waals surface area contributed by atoms with Crippen LogP contribution in [0.4, 0.5) is 0 Å². The van der Waals surface area contributed by atoms with E-state index in [1.165, 1.54) is 0 Å². The van der Waals surface area contributed by atoms with Gasteiger partial charge in [0.05, 0.1) is 24.2 Å². The largest absolute Gasteiger partial charge is 0.389 e. The van der Waals surface area contributed by atoms with E-state index < -0.39 is 12.1 Å². The molecule has 4 atom stereocenters. The van der Waals surface area contributed by atoms with Crippen LogP contribution in [0.2, 0.25) is 0 Å². The summed E-state index contributed by atoms with van der Waals surface area (Å²) in [7, 11) is 0. The maximum absolute atomic E-state index is 12.8. The van der Waals surface area contributed by atoms with Crippen LogP contribution in [0, 0.1) is 5.92 Å². The summed E-state index contributed by atoms with van der Waals surface area (Å²) in [4.78, 5) is 28.9. The zero-order valence-corrected chi connectivity index (χ0v) is 14.8. The molecule has 6 heteroatoms. The smallest absolute Gasteiger partial charge is 0.254 e. The number of aliphatic hydroxyl groups is 1. The van der Waals surface area contributed by atoms with Crippen LogP contribution < -0.4 is 5.73 Å². The average molecular weight is 345 g/mol. The summed E-state index contributed by atoms with van der Waals surface area (Å²) in [5, 5.41) is 10.5. The van der Waals surface area contributed by atoms with Crippen molar-refractivity contribution < 1.29 is 14.7 Å². The predicted octanol–water partition coefficient (Wildman–Crippen LogP) is 0.846. The molecule has 136 valence electrons. The summed E-state index contributed by atoms with van der Waals surface area (Å²) < 4.78 is 0. The number of amides is 2. The van der Waals surface area contributed by atoms with Gasteiger partial charge in [0.15, 0.2) is 0 Å². The molecule has 2 aliphatic rings. The number of carbonyl (C=O) groups is 2. The van der Waals surface area contributed by atoms with E-state index in [2.05, 4.69) is 0 Å². The van der Waals surface area contributed by atoms with E-state index in [1.54, 1.807) is 21.9 Å². The Morgan fingerprint density at radius 2 is 1.92 bits per heavy atom. The first-order valence-corrected chi connectivity index (χ1v) is 9.00. The fourth-order valence-electron chi connectivity index (χ4n) is 4.11. The third-order valence-electron chi connectivity index (χ3n) is 5.21. The lowest BCUT2D eigenvalue weighted by Crippen LogP contribution is -2.51. The van der Waals surface area contributed by atoms with E-state index >= 15 is 0 Å². The summed E-state index contributed by atoms with van der Waals surface area (Å²) in [5.41, 5.74) is 6.67. The van der Waals surface area contributed by atoms with Crippen molar-refractivity contribution in [2.45, 2.75) is 50.9 Å². The van der Waals surface area contributed by atoms with E-state index in [0.717, 1.165) is 0 Å². The van der Waals surface area contributed by atoms with Crippen LogP contribution in [0.15, 0.2) is 30.3 Å². The monoisotopic (exact) mass is 345 g/mol. The molecule has 0 aromatic heterocycles. The van der Waals surface area contributed by atoms with E-state index in [-0.39, 0.29) is 30.4 Å². The number of rotatable bonds is 4. The van der Waals surface area contributed by atoms with Gasteiger partial charge in [0.2, 0.25) is 5.91 Å². The van der Waals surface area contributed by atoms with Gasteiger partial charge in [-0.15, -0.1) is 0 Å². The molecule has 3 rings (SSSR count). The van der Waals surface area contributed by atoms with Crippen LogP contribution in [0.25, 0.3) is 0 Å². The Morgan fingerprint density at radius 1 is 1.24 bits per heavy atom. The second-order valence-electron chi connectivity index (χ2n) is 7.51. The maximum atomic E-state index is 12.8. The quantitative estimate of drug-likeness (QED) is 0.847. The molecule has 2 amide bonds. The molecule has 2 aliphatic heterocycles. The van der Waals surface area contributed by atoms with Gasteiger partial charge in [-0.25, -0.2) is 0 Å². The van der Waals surface area contributed by atoms with Gasteiger partial charge in [0.25, 0.3) is 5.91 Å². The number of β-amino-alcohol motifs (C(OH)–C–C–N with tert-alkyl or cyclic N) is 1. The lowest BCUT2D eigenvalue weighted by molar-refractivity contribution is -0.135. The van der Waals surface area contributed by atoms with Crippen LogP contribution in [0.3, 0.4) is 0 Å². The number of nitrogens with zero attached hydrogens (tertiary/aromatic N) is 2. The highest BCUT2D eigenvalue weighted by atomic mass is 16.3. The highest BCUT2D eigenvalue weighted by Gasteiger charge is 2.51. The molecule has 0 aliphatic carbocycles. The number of carbonyl (C=O) groups excluding carboxylic acids is 2. The summed E-state index contributed by atoms with van der Waals surface area (Å²) in [5.74, 6) is 0.129. The van der Waals surface area contributed by atoms with Gasteiger partial charge < -0.3 is 20.6 Å². The highest BCUT2D eigenvalue weighted by molar-refractivity contribution is 5.95. The van der Waals surface area contributed by atoms with Crippen molar-refractivity contribution >= 4 is 11.8 Å². The molecule has 0 radical (unpaired) electrons. The van der Waals surface area contributed by atoms with Crippen molar-refractivity contribution in [3.8, 4) is 0 Å². The first kappa shape index (κ1) is 17.9. The number of likely N-dealkylation sites (tertiary alicyclic amines) is 2. The Hall–Kier alpha value is -1.92. The Bertz CT molecular complexity index is 634. The number of nitrogens with two attached hydrogens (primary N) is 1. The molecule has 0 unspecified atom stereocenters. The minimum absolute atomic E-state index is 0.0899. The Morgan fingerprint density at radius 3 is 2.56 bits per heavy atom. The number of hydrogen-bond acceptors (Lipinski definition) is 4. The molecule has 1 aromatic rings. The molecule has 1 aromatic carbocycles. The average Bonchev–Trinajstić information content (AvgIpc) is 3.15. The summed E-state index contributed by atoms with van der Waals surface area (Å²) in [6, 6.07) is 8.03. The molecular formula is C19H27N3O3. The normalized spacial score (nSPS) is 26.8. The first-order chi connectivity index (χ1) is 11.9. The highest BCUT2D eigenvalue weighted by Crippen LogP contribution is 2.33. The van der Waals surface area contributed by atoms with Crippen molar-refractivity contribution in [3.05, 3.63) is 35.9 Å². The topological polar surface area (TPSA) is 86.9 Å². The van der Waals surface area contributed by atoms with Crippen molar-refractivity contribution in [2.75, 3.05) is 13.1 Å². The van der Waals surface area contributed by atoms with Crippen molar-refractivity contribution in [1.82, 2.24) is 9.80 Å². The molecule has 3 N–H and O–H groups in total. The molecule has 2 heterocycles. The van der Waals surface area contributed by atoms with Crippen molar-refractivity contribution in [2.24, 2.45) is 11.7 Å². The summed E-state index contributed by atoms with van der Waals surface area (Å²) in [6.07, 6.45) is 0.575. The summed E-state index contributed by atoms with van der Waals surface area (Å²) in [6.45, 7) is 4.86. The fraction of sp³-hybridized carbons (Fsp3) is 0.579. The van der Waals surface area contributed by atoms with Crippen LogP contribution in [-0.4, -0.2) is 64.0 Å².